The minimum atomic E-state index is -1.16. The second-order valence-corrected chi connectivity index (χ2v) is 6.75. The summed E-state index contributed by atoms with van der Waals surface area (Å²) >= 11 is 0. The van der Waals surface area contributed by atoms with E-state index in [1.807, 2.05) is 0 Å². The first-order valence-corrected chi connectivity index (χ1v) is 7.97. The summed E-state index contributed by atoms with van der Waals surface area (Å²) in [5.41, 5.74) is -0.500. The second-order valence-electron chi connectivity index (χ2n) is 6.75. The highest BCUT2D eigenvalue weighted by Crippen LogP contribution is 2.22. The van der Waals surface area contributed by atoms with Crippen LogP contribution >= 0.6 is 0 Å². The van der Waals surface area contributed by atoms with Crippen molar-refractivity contribution in [2.45, 2.75) is 57.9 Å². The highest BCUT2D eigenvalue weighted by atomic mass is 16.6. The number of amides is 2. The fourth-order valence-electron chi connectivity index (χ4n) is 2.38. The Morgan fingerprint density at radius 3 is 2.52 bits per heavy atom. The highest BCUT2D eigenvalue weighted by molar-refractivity contribution is 5.89. The van der Waals surface area contributed by atoms with Crippen LogP contribution < -0.4 is 10.6 Å². The zero-order valence-corrected chi connectivity index (χ0v) is 15.0. The first kappa shape index (κ1) is 20.7. The van der Waals surface area contributed by atoms with Gasteiger partial charge in [0.1, 0.15) is 12.2 Å². The maximum atomic E-state index is 12.0. The van der Waals surface area contributed by atoms with Crippen LogP contribution in [0.2, 0.25) is 0 Å². The van der Waals surface area contributed by atoms with E-state index in [9.17, 15) is 19.5 Å². The van der Waals surface area contributed by atoms with Crippen molar-refractivity contribution in [3.8, 4) is 0 Å². The Kier molecular flexibility index (Phi) is 7.17. The zero-order chi connectivity index (χ0) is 19.2. The van der Waals surface area contributed by atoms with Crippen LogP contribution in [0.3, 0.4) is 0 Å². The van der Waals surface area contributed by atoms with Gasteiger partial charge in [0, 0.05) is 18.9 Å². The van der Waals surface area contributed by atoms with Crippen LogP contribution in [0.4, 0.5) is 4.79 Å². The van der Waals surface area contributed by atoms with Gasteiger partial charge in [-0.1, -0.05) is 12.7 Å². The van der Waals surface area contributed by atoms with Gasteiger partial charge in [0.15, 0.2) is 0 Å². The predicted molar refractivity (Wildman–Crippen MR) is 90.6 cm³/mol. The molecule has 0 bridgehead atoms. The predicted octanol–water partition coefficient (Wildman–Crippen LogP) is 0.805. The van der Waals surface area contributed by atoms with Crippen molar-refractivity contribution in [3.63, 3.8) is 0 Å². The minimum absolute atomic E-state index is 0.0333. The van der Waals surface area contributed by atoms with Crippen molar-refractivity contribution in [2.24, 2.45) is 0 Å². The molecule has 2 amide bonds. The van der Waals surface area contributed by atoms with E-state index >= 15 is 0 Å². The van der Waals surface area contributed by atoms with Gasteiger partial charge in [0.25, 0.3) is 0 Å². The van der Waals surface area contributed by atoms with Crippen molar-refractivity contribution < 1.29 is 29.0 Å². The number of carbonyl (C=O) groups excluding carboxylic acids is 3. The standard InChI is InChI=1S/C17H26N2O6/c1-6-7-24-15(22)11-8-12(19-16(23)25-17(3,4)5)14(13(21)9-11)18-10(2)20/h6,9,12-14,21H,1,7-8H2,2-5H3,(H,18,20)(H,19,23)/t12-,13-,14+/m0/s1. The average molecular weight is 354 g/mol. The van der Waals surface area contributed by atoms with Gasteiger partial charge in [-0.2, -0.15) is 0 Å². The maximum Gasteiger partial charge on any atom is 0.407 e. The van der Waals surface area contributed by atoms with Crippen LogP contribution in [0.15, 0.2) is 24.3 Å². The Morgan fingerprint density at radius 2 is 2.00 bits per heavy atom. The summed E-state index contributed by atoms with van der Waals surface area (Å²) in [7, 11) is 0. The number of esters is 1. The van der Waals surface area contributed by atoms with Gasteiger partial charge in [-0.25, -0.2) is 9.59 Å². The van der Waals surface area contributed by atoms with Gasteiger partial charge in [-0.05, 0) is 26.8 Å². The molecule has 140 valence electrons. The summed E-state index contributed by atoms with van der Waals surface area (Å²) in [6.07, 6.45) is 0.953. The van der Waals surface area contributed by atoms with Crippen molar-refractivity contribution in [3.05, 3.63) is 24.3 Å². The van der Waals surface area contributed by atoms with Gasteiger partial charge < -0.3 is 25.2 Å². The highest BCUT2D eigenvalue weighted by Gasteiger charge is 2.37. The van der Waals surface area contributed by atoms with E-state index in [1.54, 1.807) is 20.8 Å². The van der Waals surface area contributed by atoms with E-state index in [0.717, 1.165) is 0 Å². The molecule has 0 radical (unpaired) electrons. The number of hydrogen-bond donors (Lipinski definition) is 3. The molecule has 1 aliphatic rings. The van der Waals surface area contributed by atoms with Gasteiger partial charge >= 0.3 is 12.1 Å². The molecule has 25 heavy (non-hydrogen) atoms. The zero-order valence-electron chi connectivity index (χ0n) is 15.0. The van der Waals surface area contributed by atoms with Crippen LogP contribution in [-0.2, 0) is 19.1 Å². The molecule has 0 unspecified atom stereocenters. The number of rotatable bonds is 5. The van der Waals surface area contributed by atoms with Crippen LogP contribution in [0, 0.1) is 0 Å². The van der Waals surface area contributed by atoms with Gasteiger partial charge in [0.2, 0.25) is 5.91 Å². The third kappa shape index (κ3) is 6.96. The lowest BCUT2D eigenvalue weighted by Crippen LogP contribution is -2.59. The summed E-state index contributed by atoms with van der Waals surface area (Å²) < 4.78 is 10.2. The quantitative estimate of drug-likeness (QED) is 0.497. The third-order valence-corrected chi connectivity index (χ3v) is 3.28. The van der Waals surface area contributed by atoms with Crippen molar-refractivity contribution in [1.29, 1.82) is 0 Å². The molecular weight excluding hydrogens is 328 g/mol. The number of alkyl carbamates (subject to hydrolysis) is 1. The molecule has 0 heterocycles. The number of hydrogen-bond acceptors (Lipinski definition) is 6. The van der Waals surface area contributed by atoms with Crippen molar-refractivity contribution in [2.75, 3.05) is 6.61 Å². The Morgan fingerprint density at radius 1 is 1.36 bits per heavy atom. The Labute approximate surface area is 147 Å². The molecule has 8 heteroatoms. The summed E-state index contributed by atoms with van der Waals surface area (Å²) in [5.74, 6) is -0.984. The third-order valence-electron chi connectivity index (χ3n) is 3.28. The smallest absolute Gasteiger partial charge is 0.407 e. The number of nitrogens with one attached hydrogen (secondary N) is 2. The summed E-state index contributed by atoms with van der Waals surface area (Å²) in [4.78, 5) is 35.4. The van der Waals surface area contributed by atoms with E-state index in [1.165, 1.54) is 19.1 Å². The van der Waals surface area contributed by atoms with E-state index in [4.69, 9.17) is 9.47 Å². The van der Waals surface area contributed by atoms with Gasteiger partial charge in [0.05, 0.1) is 18.2 Å². The monoisotopic (exact) mass is 354 g/mol. The lowest BCUT2D eigenvalue weighted by molar-refractivity contribution is -0.138. The molecule has 8 nitrogen and oxygen atoms in total. The second kappa shape index (κ2) is 8.66. The number of ether oxygens (including phenoxy) is 2. The first-order valence-electron chi connectivity index (χ1n) is 7.97. The fourth-order valence-corrected chi connectivity index (χ4v) is 2.38. The molecule has 0 aromatic heterocycles. The molecular formula is C17H26N2O6. The molecule has 3 N–H and O–H groups in total. The molecule has 0 fully saturated rings. The molecule has 3 atom stereocenters. The normalized spacial score (nSPS) is 23.1. The first-order chi connectivity index (χ1) is 11.5. The van der Waals surface area contributed by atoms with E-state index in [0.29, 0.717) is 0 Å². The molecule has 0 saturated carbocycles. The lowest BCUT2D eigenvalue weighted by atomic mass is 9.88. The number of carbonyl (C=O) groups is 3. The molecule has 0 spiro atoms. The minimum Gasteiger partial charge on any atom is -0.458 e. The van der Waals surface area contributed by atoms with E-state index in [-0.39, 0.29) is 24.5 Å². The Balaban J connectivity index is 2.93. The van der Waals surface area contributed by atoms with Gasteiger partial charge in [-0.15, -0.1) is 0 Å². The van der Waals surface area contributed by atoms with Crippen LogP contribution in [-0.4, -0.2) is 53.5 Å². The lowest BCUT2D eigenvalue weighted by Gasteiger charge is -2.35. The van der Waals surface area contributed by atoms with Gasteiger partial charge in [-0.3, -0.25) is 4.79 Å². The average Bonchev–Trinajstić information content (AvgIpc) is 2.45. The van der Waals surface area contributed by atoms with Crippen molar-refractivity contribution >= 4 is 18.0 Å². The molecule has 0 aromatic carbocycles. The van der Waals surface area contributed by atoms with E-state index in [2.05, 4.69) is 17.2 Å². The summed E-state index contributed by atoms with van der Waals surface area (Å²) in [6.45, 7) is 9.93. The van der Waals surface area contributed by atoms with Crippen molar-refractivity contribution in [1.82, 2.24) is 10.6 Å². The fraction of sp³-hybridized carbons (Fsp3) is 0.588. The molecule has 1 aliphatic carbocycles. The molecule has 1 rings (SSSR count). The largest absolute Gasteiger partial charge is 0.458 e. The summed E-state index contributed by atoms with van der Waals surface area (Å²) in [5, 5.41) is 15.4. The van der Waals surface area contributed by atoms with Crippen LogP contribution in [0.25, 0.3) is 0 Å². The van der Waals surface area contributed by atoms with Crippen LogP contribution in [0.1, 0.15) is 34.1 Å². The Hall–Kier alpha value is -2.35. The molecule has 0 aliphatic heterocycles. The number of aliphatic hydroxyl groups is 1. The topological polar surface area (TPSA) is 114 Å². The Bertz CT molecular complexity index is 564. The number of aliphatic hydroxyl groups excluding tert-OH is 1. The van der Waals surface area contributed by atoms with E-state index < -0.39 is 35.9 Å². The molecule has 0 aromatic rings. The van der Waals surface area contributed by atoms with Crippen LogP contribution in [0.5, 0.6) is 0 Å². The SMILES string of the molecule is C=CCOC(=O)C1=C[C@H](O)[C@H](NC(C)=O)[C@@H](NC(=O)OC(C)(C)C)C1. The summed E-state index contributed by atoms with van der Waals surface area (Å²) in [6, 6.07) is -1.52. The molecule has 0 saturated heterocycles. The maximum absolute atomic E-state index is 12.0.